The van der Waals surface area contributed by atoms with E-state index in [9.17, 15) is 0 Å². The molecule has 4 atom stereocenters. The lowest BCUT2D eigenvalue weighted by molar-refractivity contribution is -0.263. The van der Waals surface area contributed by atoms with Crippen LogP contribution in [0.15, 0.2) is 11.6 Å². The fraction of sp³-hybridized carbons (Fsp3) is 0.889. The zero-order valence-electron chi connectivity index (χ0n) is 14.1. The fourth-order valence-corrected chi connectivity index (χ4v) is 3.62. The van der Waals surface area contributed by atoms with Crippen LogP contribution in [0.4, 0.5) is 0 Å². The summed E-state index contributed by atoms with van der Waals surface area (Å²) in [5, 5.41) is 0. The van der Waals surface area contributed by atoms with E-state index in [4.69, 9.17) is 9.47 Å². The maximum absolute atomic E-state index is 6.17. The summed E-state index contributed by atoms with van der Waals surface area (Å²) in [6.07, 6.45) is 4.71. The molecule has 2 heteroatoms. The van der Waals surface area contributed by atoms with Crippen molar-refractivity contribution in [3.8, 4) is 0 Å². The number of allylic oxidation sites excluding steroid dienone is 2. The molecule has 0 aromatic rings. The molecule has 116 valence electrons. The molecule has 0 aromatic carbocycles. The summed E-state index contributed by atoms with van der Waals surface area (Å²) in [5.41, 5.74) is 1.67. The van der Waals surface area contributed by atoms with Crippen molar-refractivity contribution < 1.29 is 9.47 Å². The Labute approximate surface area is 124 Å². The van der Waals surface area contributed by atoms with Crippen LogP contribution in [0.25, 0.3) is 0 Å². The van der Waals surface area contributed by atoms with Crippen LogP contribution in [-0.2, 0) is 9.47 Å². The molecule has 0 amide bonds. The van der Waals surface area contributed by atoms with Gasteiger partial charge in [-0.15, -0.1) is 0 Å². The van der Waals surface area contributed by atoms with Gasteiger partial charge in [-0.1, -0.05) is 52.7 Å². The number of hydrogen-bond donors (Lipinski definition) is 0. The van der Waals surface area contributed by atoms with Gasteiger partial charge in [0.05, 0.1) is 13.2 Å². The number of hydrogen-bond acceptors (Lipinski definition) is 2. The Morgan fingerprint density at radius 1 is 1.30 bits per heavy atom. The van der Waals surface area contributed by atoms with Gasteiger partial charge in [0.25, 0.3) is 0 Å². The van der Waals surface area contributed by atoms with E-state index in [1.165, 1.54) is 12.0 Å². The van der Waals surface area contributed by atoms with E-state index in [0.29, 0.717) is 23.7 Å². The molecule has 1 fully saturated rings. The molecule has 2 aliphatic rings. The van der Waals surface area contributed by atoms with E-state index < -0.39 is 0 Å². The minimum Gasteiger partial charge on any atom is -0.352 e. The number of rotatable bonds is 3. The second kappa shape index (κ2) is 6.19. The van der Waals surface area contributed by atoms with Crippen molar-refractivity contribution in [1.82, 2.24) is 0 Å². The average Bonchev–Trinajstić information content (AvgIpc) is 2.43. The van der Waals surface area contributed by atoms with Gasteiger partial charge >= 0.3 is 0 Å². The van der Waals surface area contributed by atoms with Crippen LogP contribution in [-0.4, -0.2) is 19.5 Å². The van der Waals surface area contributed by atoms with Gasteiger partial charge in [-0.3, -0.25) is 0 Å². The quantitative estimate of drug-likeness (QED) is 0.701. The van der Waals surface area contributed by atoms with Crippen LogP contribution in [0.5, 0.6) is 0 Å². The van der Waals surface area contributed by atoms with E-state index in [1.54, 1.807) is 0 Å². The standard InChI is InChI=1S/C18H32O2/c1-7-14(4)18(6)10-19-17(20-11-18)16-9-12(2)8-13(3)15(16)5/h8,13-17H,7,9-11H2,1-6H3. The number of ether oxygens (including phenoxy) is 2. The first-order valence-corrected chi connectivity index (χ1v) is 8.28. The summed E-state index contributed by atoms with van der Waals surface area (Å²) in [6, 6.07) is 0. The molecule has 0 radical (unpaired) electrons. The van der Waals surface area contributed by atoms with Crippen LogP contribution in [0.3, 0.4) is 0 Å². The predicted molar refractivity (Wildman–Crippen MR) is 83.4 cm³/mol. The van der Waals surface area contributed by atoms with Gasteiger partial charge in [0, 0.05) is 11.3 Å². The molecule has 0 aromatic heterocycles. The second-order valence-corrected chi connectivity index (χ2v) is 7.55. The Bertz CT molecular complexity index is 352. The van der Waals surface area contributed by atoms with E-state index in [2.05, 4.69) is 47.6 Å². The molecule has 0 N–H and O–H groups in total. The smallest absolute Gasteiger partial charge is 0.160 e. The second-order valence-electron chi connectivity index (χ2n) is 7.55. The van der Waals surface area contributed by atoms with Crippen LogP contribution in [0.1, 0.15) is 54.4 Å². The Balaban J connectivity index is 1.99. The monoisotopic (exact) mass is 280 g/mol. The zero-order chi connectivity index (χ0) is 14.9. The van der Waals surface area contributed by atoms with Crippen molar-refractivity contribution in [3.05, 3.63) is 11.6 Å². The van der Waals surface area contributed by atoms with E-state index in [0.717, 1.165) is 19.6 Å². The van der Waals surface area contributed by atoms with Crippen molar-refractivity contribution in [2.75, 3.05) is 13.2 Å². The average molecular weight is 280 g/mol. The van der Waals surface area contributed by atoms with Crippen molar-refractivity contribution >= 4 is 0 Å². The van der Waals surface area contributed by atoms with Gasteiger partial charge in [-0.2, -0.15) is 0 Å². The molecule has 0 bridgehead atoms. The first-order chi connectivity index (χ1) is 9.37. The van der Waals surface area contributed by atoms with Gasteiger partial charge in [0.2, 0.25) is 0 Å². The van der Waals surface area contributed by atoms with Crippen LogP contribution < -0.4 is 0 Å². The molecular weight excluding hydrogens is 248 g/mol. The Hall–Kier alpha value is -0.340. The Morgan fingerprint density at radius 2 is 1.90 bits per heavy atom. The minimum atomic E-state index is -0.00627. The molecule has 1 heterocycles. The molecule has 20 heavy (non-hydrogen) atoms. The lowest BCUT2D eigenvalue weighted by atomic mass is 9.73. The van der Waals surface area contributed by atoms with Crippen LogP contribution in [0.2, 0.25) is 0 Å². The summed E-state index contributed by atoms with van der Waals surface area (Å²) in [7, 11) is 0. The third-order valence-corrected chi connectivity index (χ3v) is 5.92. The maximum Gasteiger partial charge on any atom is 0.160 e. The molecule has 1 aliphatic carbocycles. The highest BCUT2D eigenvalue weighted by atomic mass is 16.7. The molecule has 2 rings (SSSR count). The van der Waals surface area contributed by atoms with Crippen molar-refractivity contribution in [1.29, 1.82) is 0 Å². The van der Waals surface area contributed by atoms with Crippen molar-refractivity contribution in [3.63, 3.8) is 0 Å². The zero-order valence-corrected chi connectivity index (χ0v) is 14.1. The van der Waals surface area contributed by atoms with E-state index in [1.807, 2.05) is 0 Å². The van der Waals surface area contributed by atoms with Crippen LogP contribution >= 0.6 is 0 Å². The molecular formula is C18H32O2. The largest absolute Gasteiger partial charge is 0.352 e. The topological polar surface area (TPSA) is 18.5 Å². The molecule has 0 saturated carbocycles. The third-order valence-electron chi connectivity index (χ3n) is 5.92. The maximum atomic E-state index is 6.17. The van der Waals surface area contributed by atoms with Crippen molar-refractivity contribution in [2.24, 2.45) is 29.1 Å². The highest BCUT2D eigenvalue weighted by molar-refractivity contribution is 5.08. The minimum absolute atomic E-state index is 0.00627. The molecule has 4 unspecified atom stereocenters. The van der Waals surface area contributed by atoms with Gasteiger partial charge in [0.15, 0.2) is 6.29 Å². The molecule has 2 nitrogen and oxygen atoms in total. The highest BCUT2D eigenvalue weighted by Crippen LogP contribution is 2.41. The third kappa shape index (κ3) is 3.12. The van der Waals surface area contributed by atoms with Crippen LogP contribution in [0, 0.1) is 29.1 Å². The summed E-state index contributed by atoms with van der Waals surface area (Å²) >= 11 is 0. The van der Waals surface area contributed by atoms with Crippen molar-refractivity contribution in [2.45, 2.75) is 60.7 Å². The van der Waals surface area contributed by atoms with Gasteiger partial charge in [-0.25, -0.2) is 0 Å². The summed E-state index contributed by atoms with van der Waals surface area (Å²) in [6.45, 7) is 15.4. The summed E-state index contributed by atoms with van der Waals surface area (Å²) < 4.78 is 12.3. The summed E-state index contributed by atoms with van der Waals surface area (Å²) in [4.78, 5) is 0. The summed E-state index contributed by atoms with van der Waals surface area (Å²) in [5.74, 6) is 2.42. The van der Waals surface area contributed by atoms with Gasteiger partial charge in [-0.05, 0) is 31.1 Å². The molecule has 0 spiro atoms. The normalized spacial score (nSPS) is 44.0. The van der Waals surface area contributed by atoms with Gasteiger partial charge < -0.3 is 9.47 Å². The lowest BCUT2D eigenvalue weighted by Crippen LogP contribution is -2.48. The van der Waals surface area contributed by atoms with E-state index >= 15 is 0 Å². The van der Waals surface area contributed by atoms with E-state index in [-0.39, 0.29) is 11.7 Å². The first kappa shape index (κ1) is 16.0. The fourth-order valence-electron chi connectivity index (χ4n) is 3.62. The SMILES string of the molecule is CCC(C)C1(C)COC(C2CC(C)=CC(C)C2C)OC1. The molecule has 1 saturated heterocycles. The molecule has 1 aliphatic heterocycles. The Kier molecular flexibility index (Phi) is 4.96. The lowest BCUT2D eigenvalue weighted by Gasteiger charge is -2.45. The Morgan fingerprint density at radius 3 is 2.45 bits per heavy atom. The predicted octanol–water partition coefficient (Wildman–Crippen LogP) is 4.65. The first-order valence-electron chi connectivity index (χ1n) is 8.28. The highest BCUT2D eigenvalue weighted by Gasteiger charge is 2.41. The van der Waals surface area contributed by atoms with Gasteiger partial charge in [0.1, 0.15) is 0 Å².